The first-order valence-electron chi connectivity index (χ1n) is 13.4. The molecule has 2 fully saturated rings. The first kappa shape index (κ1) is 26.7. The fourth-order valence-electron chi connectivity index (χ4n) is 5.62. The van der Waals surface area contributed by atoms with Crippen molar-refractivity contribution in [1.82, 2.24) is 25.3 Å². The van der Waals surface area contributed by atoms with Crippen molar-refractivity contribution in [3.8, 4) is 23.1 Å². The number of hydrogen-bond acceptors (Lipinski definition) is 7. The van der Waals surface area contributed by atoms with E-state index < -0.39 is 11.7 Å². The lowest BCUT2D eigenvalue weighted by Crippen LogP contribution is -2.46. The minimum atomic E-state index is -0.510. The van der Waals surface area contributed by atoms with Gasteiger partial charge in [-0.15, -0.1) is 0 Å². The van der Waals surface area contributed by atoms with Crippen molar-refractivity contribution in [3.05, 3.63) is 65.0 Å². The second-order valence-electron chi connectivity index (χ2n) is 10.1. The monoisotopic (exact) mass is 531 g/mol. The summed E-state index contributed by atoms with van der Waals surface area (Å²) in [7, 11) is 1.44. The molecule has 3 heterocycles. The van der Waals surface area contributed by atoms with Gasteiger partial charge < -0.3 is 26.0 Å². The zero-order valence-corrected chi connectivity index (χ0v) is 22.1. The number of benzene rings is 2. The molecule has 3 aromatic rings. The Bertz CT molecular complexity index is 1350. The van der Waals surface area contributed by atoms with Gasteiger partial charge >= 0.3 is 0 Å². The van der Waals surface area contributed by atoms with Crippen molar-refractivity contribution in [2.75, 3.05) is 39.0 Å². The lowest BCUT2D eigenvalue weighted by molar-refractivity contribution is 0.0947. The average molecular weight is 532 g/mol. The van der Waals surface area contributed by atoms with Crippen molar-refractivity contribution in [2.45, 2.75) is 44.3 Å². The molecule has 39 heavy (non-hydrogen) atoms. The van der Waals surface area contributed by atoms with E-state index in [4.69, 9.17) is 15.6 Å². The molecule has 1 amide bonds. The summed E-state index contributed by atoms with van der Waals surface area (Å²) in [5.74, 6) is -0.226. The van der Waals surface area contributed by atoms with E-state index in [2.05, 4.69) is 21.6 Å². The number of nitrogens with zero attached hydrogens (tertiary/aromatic N) is 4. The molecule has 10 heteroatoms. The largest absolute Gasteiger partial charge is 0.496 e. The van der Waals surface area contributed by atoms with Gasteiger partial charge in [-0.25, -0.2) is 9.07 Å². The highest BCUT2D eigenvalue weighted by molar-refractivity contribution is 5.96. The number of ether oxygens (including phenoxy) is 1. The number of hydrogen-bond donors (Lipinski definition) is 3. The highest BCUT2D eigenvalue weighted by atomic mass is 19.1. The smallest absolute Gasteiger partial charge is 0.255 e. The number of nitrogen functional groups attached to an aromatic ring is 1. The number of carbonyl (C=O) groups is 1. The van der Waals surface area contributed by atoms with Gasteiger partial charge in [0, 0.05) is 31.2 Å². The van der Waals surface area contributed by atoms with Crippen LogP contribution in [0.15, 0.2) is 42.5 Å². The normalized spacial score (nSPS) is 17.1. The van der Waals surface area contributed by atoms with Crippen LogP contribution in [0.3, 0.4) is 0 Å². The van der Waals surface area contributed by atoms with Crippen LogP contribution in [-0.4, -0.2) is 59.9 Å². The Morgan fingerprint density at radius 3 is 2.54 bits per heavy atom. The number of nitrogens with one attached hydrogen (secondary N) is 2. The summed E-state index contributed by atoms with van der Waals surface area (Å²) in [4.78, 5) is 15.2. The van der Waals surface area contributed by atoms with Crippen LogP contribution in [0.2, 0.25) is 0 Å². The molecular weight excluding hydrogens is 497 g/mol. The number of piperidine rings is 2. The van der Waals surface area contributed by atoms with Crippen LogP contribution in [-0.2, 0) is 6.54 Å². The van der Waals surface area contributed by atoms with E-state index >= 15 is 0 Å². The number of anilines is 1. The Labute approximate surface area is 227 Å². The van der Waals surface area contributed by atoms with Gasteiger partial charge in [-0.1, -0.05) is 24.3 Å². The van der Waals surface area contributed by atoms with Crippen LogP contribution >= 0.6 is 0 Å². The fraction of sp³-hybridized carbons (Fsp3) is 0.414. The number of rotatable bonds is 7. The maximum absolute atomic E-state index is 13.6. The first-order chi connectivity index (χ1) is 19.0. The van der Waals surface area contributed by atoms with E-state index in [1.807, 2.05) is 28.9 Å². The van der Waals surface area contributed by atoms with E-state index in [9.17, 15) is 14.4 Å². The molecule has 0 radical (unpaired) electrons. The Hall–Kier alpha value is -3.94. The maximum atomic E-state index is 13.6. The lowest BCUT2D eigenvalue weighted by Gasteiger charge is -2.39. The highest BCUT2D eigenvalue weighted by Gasteiger charge is 2.29. The SMILES string of the molecule is COc1ccc(F)cc1C(=O)NCc1ccc(-c2nn(C3CCN(C4CCNCC4)CC3)c(N)c2C#N)cc1. The lowest BCUT2D eigenvalue weighted by atomic mass is 9.98. The summed E-state index contributed by atoms with van der Waals surface area (Å²) in [5.41, 5.74) is 9.15. The van der Waals surface area contributed by atoms with Crippen LogP contribution in [0.25, 0.3) is 11.3 Å². The average Bonchev–Trinajstić information content (AvgIpc) is 3.32. The van der Waals surface area contributed by atoms with Crippen LogP contribution in [0.1, 0.15) is 53.2 Å². The number of methoxy groups -OCH3 is 1. The van der Waals surface area contributed by atoms with Gasteiger partial charge in [0.15, 0.2) is 0 Å². The Morgan fingerprint density at radius 1 is 1.15 bits per heavy atom. The van der Waals surface area contributed by atoms with Crippen molar-refractivity contribution < 1.29 is 13.9 Å². The van der Waals surface area contributed by atoms with Gasteiger partial charge in [-0.3, -0.25) is 4.79 Å². The number of nitriles is 1. The Kier molecular flexibility index (Phi) is 8.10. The van der Waals surface area contributed by atoms with Crippen molar-refractivity contribution in [1.29, 1.82) is 5.26 Å². The molecular formula is C29H34FN7O2. The van der Waals surface area contributed by atoms with E-state index in [0.29, 0.717) is 28.9 Å². The molecule has 0 atom stereocenters. The number of carbonyl (C=O) groups excluding carboxylic acids is 1. The van der Waals surface area contributed by atoms with E-state index in [1.165, 1.54) is 32.1 Å². The quantitative estimate of drug-likeness (QED) is 0.427. The first-order valence-corrected chi connectivity index (χ1v) is 13.4. The molecule has 0 aliphatic carbocycles. The van der Waals surface area contributed by atoms with Gasteiger partial charge in [0.1, 0.15) is 34.7 Å². The van der Waals surface area contributed by atoms with Crippen molar-refractivity contribution >= 4 is 11.7 Å². The summed E-state index contributed by atoms with van der Waals surface area (Å²) in [6, 6.07) is 14.4. The predicted octanol–water partition coefficient (Wildman–Crippen LogP) is 3.47. The second kappa shape index (κ2) is 11.8. The van der Waals surface area contributed by atoms with E-state index in [-0.39, 0.29) is 18.2 Å². The molecule has 2 aliphatic rings. The highest BCUT2D eigenvalue weighted by Crippen LogP contribution is 2.33. The van der Waals surface area contributed by atoms with Crippen LogP contribution < -0.4 is 21.1 Å². The van der Waals surface area contributed by atoms with Crippen molar-refractivity contribution in [2.24, 2.45) is 0 Å². The maximum Gasteiger partial charge on any atom is 0.255 e. The number of halogens is 1. The van der Waals surface area contributed by atoms with Gasteiger partial charge in [-0.2, -0.15) is 10.4 Å². The predicted molar refractivity (Wildman–Crippen MR) is 147 cm³/mol. The summed E-state index contributed by atoms with van der Waals surface area (Å²) in [6.45, 7) is 4.43. The topological polar surface area (TPSA) is 121 Å². The van der Waals surface area contributed by atoms with Gasteiger partial charge in [0.05, 0.1) is 18.7 Å². The van der Waals surface area contributed by atoms with Gasteiger partial charge in [-0.05, 0) is 62.5 Å². The molecule has 2 aliphatic heterocycles. The third kappa shape index (κ3) is 5.75. The van der Waals surface area contributed by atoms with E-state index in [0.717, 1.165) is 56.2 Å². The Balaban J connectivity index is 1.25. The second-order valence-corrected chi connectivity index (χ2v) is 10.1. The molecule has 2 aromatic carbocycles. The number of nitrogens with two attached hydrogens (primary N) is 1. The number of likely N-dealkylation sites (tertiary alicyclic amines) is 1. The zero-order chi connectivity index (χ0) is 27.4. The van der Waals surface area contributed by atoms with Crippen LogP contribution in [0, 0.1) is 17.1 Å². The standard InChI is InChI=1S/C29H34FN7O2/c1-39-26-7-6-21(30)16-24(26)29(38)34-18-19-2-4-20(5-3-19)27-25(17-31)28(32)37(35-27)23-10-14-36(15-11-23)22-8-12-33-13-9-22/h2-7,16,22-23,33H,8-15,18,32H2,1H3,(H,34,38). The van der Waals surface area contributed by atoms with Crippen LogP contribution in [0.5, 0.6) is 5.75 Å². The molecule has 4 N–H and O–H groups in total. The molecule has 0 bridgehead atoms. The molecule has 204 valence electrons. The zero-order valence-electron chi connectivity index (χ0n) is 22.1. The van der Waals surface area contributed by atoms with Crippen LogP contribution in [0.4, 0.5) is 10.2 Å². The van der Waals surface area contributed by atoms with Gasteiger partial charge in [0.25, 0.3) is 5.91 Å². The number of amides is 1. The minimum absolute atomic E-state index is 0.135. The molecule has 2 saturated heterocycles. The third-order valence-corrected chi connectivity index (χ3v) is 7.82. The third-order valence-electron chi connectivity index (χ3n) is 7.82. The molecule has 5 rings (SSSR count). The summed E-state index contributed by atoms with van der Waals surface area (Å²) in [5, 5.41) is 20.9. The molecule has 9 nitrogen and oxygen atoms in total. The number of aromatic nitrogens is 2. The van der Waals surface area contributed by atoms with E-state index in [1.54, 1.807) is 0 Å². The molecule has 1 aromatic heterocycles. The summed E-state index contributed by atoms with van der Waals surface area (Å²) in [6.07, 6.45) is 4.29. The minimum Gasteiger partial charge on any atom is -0.496 e. The molecule has 0 saturated carbocycles. The molecule has 0 spiro atoms. The Morgan fingerprint density at radius 2 is 1.87 bits per heavy atom. The summed E-state index contributed by atoms with van der Waals surface area (Å²) < 4.78 is 20.7. The molecule has 0 unspecified atom stereocenters. The van der Waals surface area contributed by atoms with Gasteiger partial charge in [0.2, 0.25) is 0 Å². The fourth-order valence-corrected chi connectivity index (χ4v) is 5.62. The van der Waals surface area contributed by atoms with Crippen molar-refractivity contribution in [3.63, 3.8) is 0 Å². The summed E-state index contributed by atoms with van der Waals surface area (Å²) >= 11 is 0.